The van der Waals surface area contributed by atoms with Gasteiger partial charge in [-0.3, -0.25) is 4.79 Å². The fraction of sp³-hybridized carbons (Fsp3) is 0.364. The number of carbonyl (C=O) groups excluding carboxylic acids is 1. The summed E-state index contributed by atoms with van der Waals surface area (Å²) in [6.45, 7) is 1.00. The molecule has 5 heteroatoms. The van der Waals surface area contributed by atoms with Crippen LogP contribution in [0.2, 0.25) is 5.02 Å². The first-order chi connectivity index (χ1) is 7.63. The van der Waals surface area contributed by atoms with Crippen LogP contribution in [0.4, 0.5) is 0 Å². The molecule has 0 spiro atoms. The maximum absolute atomic E-state index is 10.5. The molecular weight excluding hydrogens is 228 g/mol. The monoisotopic (exact) mass is 242 g/mol. The number of rotatable bonds is 6. The van der Waals surface area contributed by atoms with Crippen LogP contribution in [0.5, 0.6) is 5.75 Å². The summed E-state index contributed by atoms with van der Waals surface area (Å²) in [5, 5.41) is 3.57. The molecule has 0 radical (unpaired) electrons. The number of nitrogens with two attached hydrogens (primary N) is 1. The maximum atomic E-state index is 10.5. The summed E-state index contributed by atoms with van der Waals surface area (Å²) >= 11 is 6.01. The summed E-state index contributed by atoms with van der Waals surface area (Å²) in [6.07, 6.45) is 0.189. The van der Waals surface area contributed by atoms with Gasteiger partial charge in [0.2, 0.25) is 5.91 Å². The first kappa shape index (κ1) is 12.8. The van der Waals surface area contributed by atoms with Gasteiger partial charge in [0.1, 0.15) is 5.75 Å². The van der Waals surface area contributed by atoms with Gasteiger partial charge in [-0.1, -0.05) is 17.7 Å². The maximum Gasteiger partial charge on any atom is 0.220 e. The molecule has 0 saturated carbocycles. The summed E-state index contributed by atoms with van der Waals surface area (Å²) < 4.78 is 5.33. The quantitative estimate of drug-likeness (QED) is 0.791. The third kappa shape index (κ3) is 4.08. The minimum absolute atomic E-state index is 0.189. The van der Waals surface area contributed by atoms with Gasteiger partial charge in [0, 0.05) is 6.54 Å². The van der Waals surface area contributed by atoms with Gasteiger partial charge in [-0.15, -0.1) is 0 Å². The van der Waals surface area contributed by atoms with E-state index in [9.17, 15) is 4.79 Å². The molecule has 0 aliphatic heterocycles. The van der Waals surface area contributed by atoms with Crippen LogP contribution in [-0.2, 0) is 11.3 Å². The van der Waals surface area contributed by atoms with Crippen LogP contribution in [0.1, 0.15) is 12.0 Å². The van der Waals surface area contributed by atoms with E-state index >= 15 is 0 Å². The lowest BCUT2D eigenvalue weighted by Gasteiger charge is -2.08. The van der Waals surface area contributed by atoms with E-state index in [1.165, 1.54) is 0 Å². The minimum atomic E-state index is -0.386. The van der Waals surface area contributed by atoms with E-state index in [1.807, 2.05) is 19.2 Å². The molecule has 0 aromatic heterocycles. The van der Waals surface area contributed by atoms with Crippen molar-refractivity contribution in [2.45, 2.75) is 13.0 Å². The number of carbonyl (C=O) groups is 1. The van der Waals surface area contributed by atoms with E-state index in [0.717, 1.165) is 12.1 Å². The lowest BCUT2D eigenvalue weighted by Crippen LogP contribution is -2.14. The fourth-order valence-electron chi connectivity index (χ4n) is 1.24. The second kappa shape index (κ2) is 6.35. The van der Waals surface area contributed by atoms with Gasteiger partial charge >= 0.3 is 0 Å². The molecule has 1 rings (SSSR count). The normalized spacial score (nSPS) is 10.1. The van der Waals surface area contributed by atoms with Crippen molar-refractivity contribution >= 4 is 17.5 Å². The molecule has 0 aliphatic carbocycles. The van der Waals surface area contributed by atoms with Gasteiger partial charge in [0.15, 0.2) is 0 Å². The van der Waals surface area contributed by atoms with E-state index in [-0.39, 0.29) is 18.9 Å². The minimum Gasteiger partial charge on any atom is -0.491 e. The standard InChI is InChI=1S/C11H15ClN2O2/c1-14-7-8-2-3-10(9(12)6-8)16-5-4-11(13)15/h2-3,6,14H,4-5,7H2,1H3,(H2,13,15). The van der Waals surface area contributed by atoms with E-state index in [4.69, 9.17) is 22.1 Å². The third-order valence-corrected chi connectivity index (χ3v) is 2.28. The van der Waals surface area contributed by atoms with Crippen molar-refractivity contribution < 1.29 is 9.53 Å². The summed E-state index contributed by atoms with van der Waals surface area (Å²) in [5.74, 6) is 0.186. The van der Waals surface area contributed by atoms with Gasteiger partial charge in [0.05, 0.1) is 18.1 Å². The second-order valence-corrected chi connectivity index (χ2v) is 3.77. The molecule has 0 saturated heterocycles. The molecule has 0 fully saturated rings. The summed E-state index contributed by atoms with van der Waals surface area (Å²) in [5.41, 5.74) is 6.08. The van der Waals surface area contributed by atoms with Crippen molar-refractivity contribution in [1.82, 2.24) is 5.32 Å². The third-order valence-electron chi connectivity index (χ3n) is 1.98. The highest BCUT2D eigenvalue weighted by atomic mass is 35.5. The number of hydrogen-bond acceptors (Lipinski definition) is 3. The highest BCUT2D eigenvalue weighted by Gasteiger charge is 2.03. The zero-order valence-corrected chi connectivity index (χ0v) is 9.88. The van der Waals surface area contributed by atoms with E-state index in [0.29, 0.717) is 10.8 Å². The van der Waals surface area contributed by atoms with Crippen LogP contribution in [0.15, 0.2) is 18.2 Å². The van der Waals surface area contributed by atoms with Crippen LogP contribution in [0, 0.1) is 0 Å². The van der Waals surface area contributed by atoms with Crippen LogP contribution < -0.4 is 15.8 Å². The molecule has 0 heterocycles. The molecule has 16 heavy (non-hydrogen) atoms. The van der Waals surface area contributed by atoms with Gasteiger partial charge in [0.25, 0.3) is 0 Å². The zero-order valence-electron chi connectivity index (χ0n) is 9.13. The largest absolute Gasteiger partial charge is 0.491 e. The lowest BCUT2D eigenvalue weighted by atomic mass is 10.2. The van der Waals surface area contributed by atoms with E-state index in [2.05, 4.69) is 5.32 Å². The predicted octanol–water partition coefficient (Wildman–Crippen LogP) is 1.31. The van der Waals surface area contributed by atoms with Gasteiger partial charge in [-0.05, 0) is 24.7 Å². The average molecular weight is 243 g/mol. The molecule has 1 amide bonds. The zero-order chi connectivity index (χ0) is 12.0. The molecule has 0 unspecified atom stereocenters. The number of ether oxygens (including phenoxy) is 1. The van der Waals surface area contributed by atoms with Crippen LogP contribution in [0.25, 0.3) is 0 Å². The molecule has 0 bridgehead atoms. The van der Waals surface area contributed by atoms with E-state index < -0.39 is 0 Å². The predicted molar refractivity (Wildman–Crippen MR) is 63.5 cm³/mol. The summed E-state index contributed by atoms with van der Waals surface area (Å²) in [6, 6.07) is 5.54. The number of primary amides is 1. The summed E-state index contributed by atoms with van der Waals surface area (Å²) in [7, 11) is 1.87. The lowest BCUT2D eigenvalue weighted by molar-refractivity contribution is -0.118. The van der Waals surface area contributed by atoms with Crippen molar-refractivity contribution in [1.29, 1.82) is 0 Å². The van der Waals surface area contributed by atoms with Crippen molar-refractivity contribution in [2.75, 3.05) is 13.7 Å². The first-order valence-corrected chi connectivity index (χ1v) is 5.35. The number of halogens is 1. The van der Waals surface area contributed by atoms with E-state index in [1.54, 1.807) is 6.07 Å². The van der Waals surface area contributed by atoms with Crippen molar-refractivity contribution in [2.24, 2.45) is 5.73 Å². The molecule has 0 aliphatic rings. The Balaban J connectivity index is 2.57. The molecule has 0 atom stereocenters. The average Bonchev–Trinajstić information content (AvgIpc) is 2.21. The Morgan fingerprint density at radius 1 is 1.56 bits per heavy atom. The van der Waals surface area contributed by atoms with Gasteiger partial charge in [-0.2, -0.15) is 0 Å². The van der Waals surface area contributed by atoms with Gasteiger partial charge < -0.3 is 15.8 Å². The second-order valence-electron chi connectivity index (χ2n) is 3.36. The first-order valence-electron chi connectivity index (χ1n) is 4.97. The SMILES string of the molecule is CNCc1ccc(OCCC(N)=O)c(Cl)c1. The van der Waals surface area contributed by atoms with Gasteiger partial charge in [-0.25, -0.2) is 0 Å². The Bertz CT molecular complexity index is 369. The number of amides is 1. The molecule has 88 valence electrons. The topological polar surface area (TPSA) is 64.3 Å². The molecule has 4 nitrogen and oxygen atoms in total. The molecule has 1 aromatic rings. The van der Waals surface area contributed by atoms with Crippen LogP contribution in [-0.4, -0.2) is 19.6 Å². The van der Waals surface area contributed by atoms with Crippen LogP contribution in [0.3, 0.4) is 0 Å². The Kier molecular flexibility index (Phi) is 5.08. The summed E-state index contributed by atoms with van der Waals surface area (Å²) in [4.78, 5) is 10.5. The highest BCUT2D eigenvalue weighted by Crippen LogP contribution is 2.25. The molecular formula is C11H15ClN2O2. The number of hydrogen-bond donors (Lipinski definition) is 2. The van der Waals surface area contributed by atoms with Crippen molar-refractivity contribution in [3.8, 4) is 5.75 Å². The highest BCUT2D eigenvalue weighted by molar-refractivity contribution is 6.32. The Hall–Kier alpha value is -1.26. The van der Waals surface area contributed by atoms with Crippen molar-refractivity contribution in [3.05, 3.63) is 28.8 Å². The Morgan fingerprint density at radius 2 is 2.31 bits per heavy atom. The smallest absolute Gasteiger partial charge is 0.220 e. The van der Waals surface area contributed by atoms with Crippen LogP contribution >= 0.6 is 11.6 Å². The van der Waals surface area contributed by atoms with Crippen molar-refractivity contribution in [3.63, 3.8) is 0 Å². The number of benzene rings is 1. The fourth-order valence-corrected chi connectivity index (χ4v) is 1.49. The number of nitrogens with one attached hydrogen (secondary N) is 1. The Morgan fingerprint density at radius 3 is 2.88 bits per heavy atom. The molecule has 1 aromatic carbocycles. The Labute approximate surface area is 99.7 Å². The molecule has 3 N–H and O–H groups in total.